The lowest BCUT2D eigenvalue weighted by Crippen LogP contribution is -2.69. The van der Waals surface area contributed by atoms with E-state index < -0.39 is 22.2 Å². The molecule has 5 heterocycles. The van der Waals surface area contributed by atoms with Crippen molar-refractivity contribution >= 4 is 33.4 Å². The number of piperazine rings is 1. The number of nitriles is 1. The number of hydrogen-bond donors (Lipinski definition) is 0. The van der Waals surface area contributed by atoms with Crippen LogP contribution in [0.15, 0.2) is 18.2 Å². The summed E-state index contributed by atoms with van der Waals surface area (Å²) in [5, 5.41) is 9.18. The standard InChI is InChI=1S/C16H13N3O4S2/c1-18-14-13(20)19-12(8-2-3-10-11(4-8)23-7-22-10)9(6-17)5-16(19,15(18)21)25-24-14/h2-4,9,12,14H,5,7H2,1H3/t9?,12?,14?,16-/m1/s1. The molecule has 4 fully saturated rings. The molecule has 3 unspecified atom stereocenters. The molecule has 0 aliphatic carbocycles. The molecule has 0 saturated carbocycles. The SMILES string of the molecule is CN1C(=O)[C@]23CC(C#N)C(c4ccc5c(c4)OCO5)N2C(=O)C1SS3. The first kappa shape index (κ1) is 15.2. The quantitative estimate of drug-likeness (QED) is 0.691. The molecule has 2 bridgehead atoms. The molecular formula is C16H13N3O4S2. The van der Waals surface area contributed by atoms with Crippen LogP contribution in [-0.4, -0.2) is 45.7 Å². The summed E-state index contributed by atoms with van der Waals surface area (Å²) in [6.07, 6.45) is 0.335. The van der Waals surface area contributed by atoms with Gasteiger partial charge in [-0.05, 0) is 17.7 Å². The third kappa shape index (κ3) is 1.79. The second kappa shape index (κ2) is 4.99. The average molecular weight is 375 g/mol. The van der Waals surface area contributed by atoms with Gasteiger partial charge in [-0.3, -0.25) is 9.59 Å². The fraction of sp³-hybridized carbons (Fsp3) is 0.438. The van der Waals surface area contributed by atoms with Gasteiger partial charge >= 0.3 is 0 Å². The first-order chi connectivity index (χ1) is 12.1. The summed E-state index contributed by atoms with van der Waals surface area (Å²) in [6.45, 7) is 0.162. The van der Waals surface area contributed by atoms with E-state index in [1.165, 1.54) is 26.5 Å². The first-order valence-corrected chi connectivity index (χ1v) is 10.0. The van der Waals surface area contributed by atoms with E-state index in [0.717, 1.165) is 5.56 Å². The summed E-state index contributed by atoms with van der Waals surface area (Å²) in [5.74, 6) is 0.606. The monoisotopic (exact) mass is 375 g/mol. The maximum absolute atomic E-state index is 13.0. The van der Waals surface area contributed by atoms with Crippen LogP contribution in [-0.2, 0) is 9.59 Å². The second-order valence-corrected chi connectivity index (χ2v) is 9.00. The summed E-state index contributed by atoms with van der Waals surface area (Å²) in [7, 11) is 4.48. The fourth-order valence-electron chi connectivity index (χ4n) is 4.02. The average Bonchev–Trinajstić information content (AvgIpc) is 3.21. The molecule has 1 aromatic carbocycles. The molecule has 1 aromatic rings. The molecular weight excluding hydrogens is 362 g/mol. The van der Waals surface area contributed by atoms with E-state index in [2.05, 4.69) is 6.07 Å². The van der Waals surface area contributed by atoms with E-state index in [0.29, 0.717) is 17.9 Å². The molecule has 7 nitrogen and oxygen atoms in total. The van der Waals surface area contributed by atoms with E-state index in [1.54, 1.807) is 18.0 Å². The maximum Gasteiger partial charge on any atom is 0.261 e. The van der Waals surface area contributed by atoms with Crippen LogP contribution in [0.4, 0.5) is 0 Å². The minimum absolute atomic E-state index is 0.0932. The predicted molar refractivity (Wildman–Crippen MR) is 90.3 cm³/mol. The van der Waals surface area contributed by atoms with Crippen LogP contribution in [0.3, 0.4) is 0 Å². The van der Waals surface area contributed by atoms with Gasteiger partial charge in [0.15, 0.2) is 21.7 Å². The van der Waals surface area contributed by atoms with Gasteiger partial charge in [-0.15, -0.1) is 0 Å². The normalized spacial score (nSPS) is 35.1. The van der Waals surface area contributed by atoms with Crippen molar-refractivity contribution < 1.29 is 19.1 Å². The Kier molecular flexibility index (Phi) is 3.04. The molecule has 5 aliphatic heterocycles. The van der Waals surface area contributed by atoms with Crippen molar-refractivity contribution in [2.75, 3.05) is 13.8 Å². The zero-order valence-corrected chi connectivity index (χ0v) is 14.8. The third-order valence-corrected chi connectivity index (χ3v) is 8.45. The van der Waals surface area contributed by atoms with Crippen molar-refractivity contribution in [2.24, 2.45) is 5.92 Å². The zero-order chi connectivity index (χ0) is 17.3. The van der Waals surface area contributed by atoms with Gasteiger partial charge in [0.25, 0.3) is 11.8 Å². The smallest absolute Gasteiger partial charge is 0.261 e. The van der Waals surface area contributed by atoms with Crippen molar-refractivity contribution in [3.63, 3.8) is 0 Å². The van der Waals surface area contributed by atoms with Gasteiger partial charge in [-0.25, -0.2) is 0 Å². The molecule has 0 N–H and O–H groups in total. The van der Waals surface area contributed by atoms with Crippen molar-refractivity contribution in [1.82, 2.24) is 9.80 Å². The van der Waals surface area contributed by atoms with Gasteiger partial charge in [-0.2, -0.15) is 5.26 Å². The lowest BCUT2D eigenvalue weighted by molar-refractivity contribution is -0.158. The lowest BCUT2D eigenvalue weighted by atomic mass is 9.94. The molecule has 6 rings (SSSR count). The number of hydrogen-bond acceptors (Lipinski definition) is 7. The summed E-state index contributed by atoms with van der Waals surface area (Å²) in [4.78, 5) is 28.1. The number of ether oxygens (including phenoxy) is 2. The molecule has 0 radical (unpaired) electrons. The second-order valence-electron chi connectivity index (χ2n) is 6.44. The molecule has 2 amide bonds. The molecule has 5 aliphatic rings. The number of nitrogens with zero attached hydrogens (tertiary/aromatic N) is 3. The molecule has 4 saturated heterocycles. The van der Waals surface area contributed by atoms with Crippen molar-refractivity contribution in [1.29, 1.82) is 5.26 Å². The summed E-state index contributed by atoms with van der Waals surface area (Å²) < 4.78 is 10.8. The Morgan fingerprint density at radius 3 is 2.92 bits per heavy atom. The van der Waals surface area contributed by atoms with Crippen LogP contribution in [0.2, 0.25) is 0 Å². The number of fused-ring (bicyclic) bond motifs is 3. The predicted octanol–water partition coefficient (Wildman–Crippen LogP) is 1.72. The highest BCUT2D eigenvalue weighted by Gasteiger charge is 2.68. The van der Waals surface area contributed by atoms with Crippen molar-refractivity contribution in [3.8, 4) is 17.6 Å². The first-order valence-electron chi connectivity index (χ1n) is 7.81. The number of likely N-dealkylation sites (N-methyl/N-ethyl adjacent to an activating group) is 1. The third-order valence-electron chi connectivity index (χ3n) is 5.18. The number of amides is 2. The van der Waals surface area contributed by atoms with Crippen molar-refractivity contribution in [3.05, 3.63) is 23.8 Å². The van der Waals surface area contributed by atoms with Gasteiger partial charge in [0, 0.05) is 13.5 Å². The van der Waals surface area contributed by atoms with Gasteiger partial charge in [0.2, 0.25) is 6.79 Å². The van der Waals surface area contributed by atoms with Crippen LogP contribution in [0.1, 0.15) is 18.0 Å². The Bertz CT molecular complexity index is 856. The maximum atomic E-state index is 13.0. The zero-order valence-electron chi connectivity index (χ0n) is 13.2. The fourth-order valence-corrected chi connectivity index (χ4v) is 7.48. The largest absolute Gasteiger partial charge is 0.454 e. The number of carbonyl (C=O) groups excluding carboxylic acids is 2. The Morgan fingerprint density at radius 2 is 2.12 bits per heavy atom. The molecule has 25 heavy (non-hydrogen) atoms. The van der Waals surface area contributed by atoms with Gasteiger partial charge in [0.05, 0.1) is 18.0 Å². The highest BCUT2D eigenvalue weighted by atomic mass is 33.1. The Labute approximate surface area is 151 Å². The van der Waals surface area contributed by atoms with Crippen LogP contribution >= 0.6 is 21.6 Å². The Morgan fingerprint density at radius 1 is 1.32 bits per heavy atom. The topological polar surface area (TPSA) is 82.9 Å². The highest BCUT2D eigenvalue weighted by molar-refractivity contribution is 8.78. The van der Waals surface area contributed by atoms with Crippen LogP contribution in [0.25, 0.3) is 0 Å². The van der Waals surface area contributed by atoms with Crippen LogP contribution in [0.5, 0.6) is 11.5 Å². The highest BCUT2D eigenvalue weighted by Crippen LogP contribution is 2.63. The number of rotatable bonds is 1. The lowest BCUT2D eigenvalue weighted by Gasteiger charge is -2.52. The summed E-state index contributed by atoms with van der Waals surface area (Å²) in [6, 6.07) is 7.31. The summed E-state index contributed by atoms with van der Waals surface area (Å²) >= 11 is 0. The minimum atomic E-state index is -0.993. The van der Waals surface area contributed by atoms with E-state index >= 15 is 0 Å². The number of benzene rings is 1. The Hall–Kier alpha value is -2.05. The number of carbonyl (C=O) groups is 2. The van der Waals surface area contributed by atoms with Crippen LogP contribution in [0, 0.1) is 17.2 Å². The molecule has 4 atom stereocenters. The molecule has 0 aromatic heterocycles. The van der Waals surface area contributed by atoms with Crippen molar-refractivity contribution in [2.45, 2.75) is 22.7 Å². The minimum Gasteiger partial charge on any atom is -0.454 e. The van der Waals surface area contributed by atoms with Gasteiger partial charge < -0.3 is 19.3 Å². The van der Waals surface area contributed by atoms with E-state index in [4.69, 9.17) is 9.47 Å². The molecule has 128 valence electrons. The van der Waals surface area contributed by atoms with Crippen LogP contribution < -0.4 is 9.47 Å². The molecule has 9 heteroatoms. The van der Waals surface area contributed by atoms with Gasteiger partial charge in [-0.1, -0.05) is 27.7 Å². The Balaban J connectivity index is 1.64. The summed E-state index contributed by atoms with van der Waals surface area (Å²) in [5.41, 5.74) is 0.801. The van der Waals surface area contributed by atoms with E-state index in [9.17, 15) is 14.9 Å². The van der Waals surface area contributed by atoms with Gasteiger partial charge in [0.1, 0.15) is 0 Å². The molecule has 1 spiro atoms. The van der Waals surface area contributed by atoms with E-state index in [1.807, 2.05) is 12.1 Å². The van der Waals surface area contributed by atoms with E-state index in [-0.39, 0.29) is 18.6 Å².